The molecule has 1 aliphatic rings. The van der Waals surface area contributed by atoms with Crippen molar-refractivity contribution in [3.05, 3.63) is 45.1 Å². The number of aryl methyl sites for hydroxylation is 1. The maximum absolute atomic E-state index is 12.2. The van der Waals surface area contributed by atoms with Gasteiger partial charge in [-0.2, -0.15) is 5.26 Å². The summed E-state index contributed by atoms with van der Waals surface area (Å²) in [5, 5.41) is 9.42. The van der Waals surface area contributed by atoms with Gasteiger partial charge in [-0.1, -0.05) is 0 Å². The molecule has 8 heteroatoms. The first kappa shape index (κ1) is 18.0. The fourth-order valence-corrected chi connectivity index (χ4v) is 3.72. The number of anilines is 1. The average molecular weight is 356 g/mol. The van der Waals surface area contributed by atoms with Crippen molar-refractivity contribution >= 4 is 5.82 Å². The highest BCUT2D eigenvalue weighted by Gasteiger charge is 2.25. The van der Waals surface area contributed by atoms with Gasteiger partial charge in [0.2, 0.25) is 0 Å². The van der Waals surface area contributed by atoms with Gasteiger partial charge in [-0.05, 0) is 31.6 Å². The van der Waals surface area contributed by atoms with Crippen molar-refractivity contribution in [3.8, 4) is 6.07 Å². The zero-order valence-electron chi connectivity index (χ0n) is 15.3. The molecule has 8 nitrogen and oxygen atoms in total. The lowest BCUT2D eigenvalue weighted by molar-refractivity contribution is 0.361. The number of nitriles is 1. The van der Waals surface area contributed by atoms with Gasteiger partial charge in [0.25, 0.3) is 5.56 Å². The molecular weight excluding hydrogens is 332 g/mol. The number of nitrogens with zero attached hydrogens (tertiary/aromatic N) is 6. The van der Waals surface area contributed by atoms with Crippen LogP contribution in [-0.4, -0.2) is 31.8 Å². The molecule has 0 atom stereocenters. The summed E-state index contributed by atoms with van der Waals surface area (Å²) in [7, 11) is 3.02. The molecule has 2 aromatic heterocycles. The predicted molar refractivity (Wildman–Crippen MR) is 98.0 cm³/mol. The zero-order valence-corrected chi connectivity index (χ0v) is 15.3. The van der Waals surface area contributed by atoms with Crippen LogP contribution in [-0.2, 0) is 20.6 Å². The minimum absolute atomic E-state index is 0.0492. The lowest BCUT2D eigenvalue weighted by Gasteiger charge is -2.34. The van der Waals surface area contributed by atoms with Crippen LogP contribution in [0.25, 0.3) is 0 Å². The van der Waals surface area contributed by atoms with E-state index >= 15 is 0 Å². The SMILES string of the molecule is Cn1c(N2CCC(CCCn3ccnc3)CC2)c(C#N)c(=O)n(C)c1=O. The van der Waals surface area contributed by atoms with Gasteiger partial charge in [0.1, 0.15) is 11.9 Å². The number of hydrogen-bond donors (Lipinski definition) is 0. The van der Waals surface area contributed by atoms with Crippen molar-refractivity contribution in [3.63, 3.8) is 0 Å². The van der Waals surface area contributed by atoms with Gasteiger partial charge >= 0.3 is 5.69 Å². The van der Waals surface area contributed by atoms with Crippen LogP contribution in [0.1, 0.15) is 31.2 Å². The molecule has 1 fully saturated rings. The smallest absolute Gasteiger partial charge is 0.332 e. The molecule has 0 saturated carbocycles. The standard InChI is InChI=1S/C18H24N6O2/c1-21-16(15(12-19)17(25)22(2)18(21)26)24-9-5-14(6-10-24)4-3-8-23-11-7-20-13-23/h7,11,13-14H,3-6,8-10H2,1-2H3. The molecule has 26 heavy (non-hydrogen) atoms. The topological polar surface area (TPSA) is 88.8 Å². The van der Waals surface area contributed by atoms with Crippen LogP contribution in [0.2, 0.25) is 0 Å². The Morgan fingerprint density at radius 2 is 1.96 bits per heavy atom. The Hall–Kier alpha value is -2.82. The molecule has 0 unspecified atom stereocenters. The third kappa shape index (κ3) is 3.43. The summed E-state index contributed by atoms with van der Waals surface area (Å²) in [6, 6.07) is 1.99. The molecule has 0 N–H and O–H groups in total. The average Bonchev–Trinajstić information content (AvgIpc) is 3.17. The molecule has 138 valence electrons. The summed E-state index contributed by atoms with van der Waals surface area (Å²) < 4.78 is 4.49. The van der Waals surface area contributed by atoms with Crippen LogP contribution in [0.4, 0.5) is 5.82 Å². The number of rotatable bonds is 5. The monoisotopic (exact) mass is 356 g/mol. The van der Waals surface area contributed by atoms with Crippen molar-refractivity contribution in [1.29, 1.82) is 5.26 Å². The second kappa shape index (κ2) is 7.60. The van der Waals surface area contributed by atoms with Crippen molar-refractivity contribution < 1.29 is 0 Å². The molecule has 1 saturated heterocycles. The van der Waals surface area contributed by atoms with E-state index in [9.17, 15) is 14.9 Å². The molecule has 0 amide bonds. The fourth-order valence-electron chi connectivity index (χ4n) is 3.72. The first-order valence-corrected chi connectivity index (χ1v) is 8.93. The van der Waals surface area contributed by atoms with E-state index in [-0.39, 0.29) is 5.56 Å². The van der Waals surface area contributed by atoms with E-state index in [4.69, 9.17) is 0 Å². The minimum atomic E-state index is -0.520. The second-order valence-corrected chi connectivity index (χ2v) is 6.89. The molecule has 0 aromatic carbocycles. The van der Waals surface area contributed by atoms with Gasteiger partial charge < -0.3 is 9.47 Å². The molecule has 1 aliphatic heterocycles. The molecule has 0 spiro atoms. The summed E-state index contributed by atoms with van der Waals surface area (Å²) in [5.41, 5.74) is -0.868. The van der Waals surface area contributed by atoms with E-state index in [1.165, 1.54) is 11.6 Å². The highest BCUT2D eigenvalue weighted by atomic mass is 16.2. The summed E-state index contributed by atoms with van der Waals surface area (Å²) in [5.74, 6) is 1.08. The molecular formula is C18H24N6O2. The fraction of sp³-hybridized carbons (Fsp3) is 0.556. The number of piperidine rings is 1. The maximum Gasteiger partial charge on any atom is 0.332 e. The highest BCUT2D eigenvalue weighted by Crippen LogP contribution is 2.26. The third-order valence-corrected chi connectivity index (χ3v) is 5.25. The van der Waals surface area contributed by atoms with Gasteiger partial charge in [-0.3, -0.25) is 13.9 Å². The number of imidazole rings is 1. The second-order valence-electron chi connectivity index (χ2n) is 6.89. The summed E-state index contributed by atoms with van der Waals surface area (Å²) in [4.78, 5) is 30.5. The molecule has 0 aliphatic carbocycles. The predicted octanol–water partition coefficient (Wildman–Crippen LogP) is 0.849. The van der Waals surface area contributed by atoms with Crippen LogP contribution in [0.5, 0.6) is 0 Å². The Morgan fingerprint density at radius 3 is 2.58 bits per heavy atom. The van der Waals surface area contributed by atoms with E-state index in [1.807, 2.05) is 23.5 Å². The van der Waals surface area contributed by atoms with Crippen molar-refractivity contribution in [1.82, 2.24) is 18.7 Å². The van der Waals surface area contributed by atoms with Crippen molar-refractivity contribution in [2.45, 2.75) is 32.2 Å². The quantitative estimate of drug-likeness (QED) is 0.792. The third-order valence-electron chi connectivity index (χ3n) is 5.25. The van der Waals surface area contributed by atoms with Gasteiger partial charge in [0, 0.05) is 46.1 Å². The van der Waals surface area contributed by atoms with Crippen LogP contribution < -0.4 is 16.1 Å². The van der Waals surface area contributed by atoms with Crippen LogP contribution >= 0.6 is 0 Å². The van der Waals surface area contributed by atoms with E-state index < -0.39 is 11.2 Å². The minimum Gasteiger partial charge on any atom is -0.357 e. The highest BCUT2D eigenvalue weighted by molar-refractivity contribution is 5.53. The Labute approximate surface area is 151 Å². The molecule has 3 rings (SSSR count). The summed E-state index contributed by atoms with van der Waals surface area (Å²) >= 11 is 0. The van der Waals surface area contributed by atoms with Crippen LogP contribution in [0.15, 0.2) is 28.3 Å². The molecule has 0 radical (unpaired) electrons. The lowest BCUT2D eigenvalue weighted by Crippen LogP contribution is -2.44. The van der Waals surface area contributed by atoms with Gasteiger partial charge in [0.05, 0.1) is 6.33 Å². The Kier molecular flexibility index (Phi) is 5.26. The van der Waals surface area contributed by atoms with E-state index in [0.29, 0.717) is 11.7 Å². The van der Waals surface area contributed by atoms with E-state index in [2.05, 4.69) is 9.55 Å². The first-order valence-electron chi connectivity index (χ1n) is 8.93. The van der Waals surface area contributed by atoms with Crippen molar-refractivity contribution in [2.75, 3.05) is 18.0 Å². The zero-order chi connectivity index (χ0) is 18.7. The lowest BCUT2D eigenvalue weighted by atomic mass is 9.92. The normalized spacial score (nSPS) is 15.2. The van der Waals surface area contributed by atoms with Crippen LogP contribution in [0.3, 0.4) is 0 Å². The summed E-state index contributed by atoms with van der Waals surface area (Å²) in [6.07, 6.45) is 9.85. The first-order chi connectivity index (χ1) is 12.5. The van der Waals surface area contributed by atoms with Crippen LogP contribution in [0, 0.1) is 17.2 Å². The number of aromatic nitrogens is 4. The Balaban J connectivity index is 1.66. The van der Waals surface area contributed by atoms with Crippen molar-refractivity contribution in [2.24, 2.45) is 20.0 Å². The maximum atomic E-state index is 12.2. The van der Waals surface area contributed by atoms with Gasteiger partial charge in [-0.25, -0.2) is 9.78 Å². The molecule has 2 aromatic rings. The van der Waals surface area contributed by atoms with E-state index in [0.717, 1.165) is 49.9 Å². The van der Waals surface area contributed by atoms with E-state index in [1.54, 1.807) is 13.2 Å². The molecule has 3 heterocycles. The number of hydrogen-bond acceptors (Lipinski definition) is 5. The van der Waals surface area contributed by atoms with Gasteiger partial charge in [0.15, 0.2) is 5.56 Å². The summed E-state index contributed by atoms with van der Waals surface area (Å²) in [6.45, 7) is 2.48. The van der Waals surface area contributed by atoms with Gasteiger partial charge in [-0.15, -0.1) is 0 Å². The Bertz CT molecular complexity index is 911. The molecule has 0 bridgehead atoms. The largest absolute Gasteiger partial charge is 0.357 e. The Morgan fingerprint density at radius 1 is 1.23 bits per heavy atom.